The monoisotopic (exact) mass is 471 g/mol. The molecule has 178 valence electrons. The second kappa shape index (κ2) is 11.3. The minimum Gasteiger partial charge on any atom is -0.339 e. The summed E-state index contributed by atoms with van der Waals surface area (Å²) in [4.78, 5) is 27.6. The largest absolute Gasteiger partial charge is 0.339 e. The molecule has 0 atom stereocenters. The minimum absolute atomic E-state index is 0.0597. The SMILES string of the molecule is Cc1cccc(N(CCCC(=O)Nc2ccccc2C(=O)N2CCCCCC2)S(C)(=O)=O)c1. The number of rotatable bonds is 8. The Morgan fingerprint density at radius 2 is 1.70 bits per heavy atom. The number of nitrogens with one attached hydrogen (secondary N) is 1. The molecule has 0 aromatic heterocycles. The van der Waals surface area contributed by atoms with E-state index in [-0.39, 0.29) is 24.8 Å². The Balaban J connectivity index is 1.62. The number of likely N-dealkylation sites (tertiary alicyclic amines) is 1. The third-order valence-corrected chi connectivity index (χ3v) is 6.97. The molecule has 0 radical (unpaired) electrons. The summed E-state index contributed by atoms with van der Waals surface area (Å²) in [6, 6.07) is 14.3. The van der Waals surface area contributed by atoms with Crippen LogP contribution < -0.4 is 9.62 Å². The minimum atomic E-state index is -3.47. The standard InChI is InChI=1S/C25H33N3O4S/c1-20-11-9-12-21(19-20)28(33(2,31)32)18-10-15-24(29)26-23-14-6-5-13-22(23)25(30)27-16-7-3-4-8-17-27/h5-6,9,11-14,19H,3-4,7-8,10,15-18H2,1-2H3,(H,26,29). The first-order chi connectivity index (χ1) is 15.8. The Bertz CT molecular complexity index is 1080. The van der Waals surface area contributed by atoms with Gasteiger partial charge in [-0.2, -0.15) is 0 Å². The maximum absolute atomic E-state index is 13.1. The first-order valence-corrected chi connectivity index (χ1v) is 13.3. The van der Waals surface area contributed by atoms with E-state index in [0.717, 1.165) is 44.3 Å². The van der Waals surface area contributed by atoms with Crippen LogP contribution >= 0.6 is 0 Å². The van der Waals surface area contributed by atoms with Gasteiger partial charge in [-0.15, -0.1) is 0 Å². The molecule has 2 aromatic rings. The zero-order chi connectivity index (χ0) is 23.8. The van der Waals surface area contributed by atoms with Gasteiger partial charge in [0.05, 0.1) is 23.2 Å². The zero-order valence-electron chi connectivity index (χ0n) is 19.4. The van der Waals surface area contributed by atoms with Crippen molar-refractivity contribution in [3.8, 4) is 0 Å². The molecule has 7 nitrogen and oxygen atoms in total. The third kappa shape index (κ3) is 7.05. The van der Waals surface area contributed by atoms with E-state index in [1.165, 1.54) is 10.6 Å². The number of hydrogen-bond donors (Lipinski definition) is 1. The van der Waals surface area contributed by atoms with E-state index >= 15 is 0 Å². The lowest BCUT2D eigenvalue weighted by Gasteiger charge is -2.23. The van der Waals surface area contributed by atoms with Gasteiger partial charge in [0.2, 0.25) is 15.9 Å². The van der Waals surface area contributed by atoms with E-state index in [1.54, 1.807) is 30.3 Å². The second-order valence-corrected chi connectivity index (χ2v) is 10.5. The average molecular weight is 472 g/mol. The molecule has 1 aliphatic heterocycles. The van der Waals surface area contributed by atoms with Crippen molar-refractivity contribution in [3.05, 3.63) is 59.7 Å². The van der Waals surface area contributed by atoms with Crippen LogP contribution in [0.25, 0.3) is 0 Å². The second-order valence-electron chi connectivity index (χ2n) is 8.58. The van der Waals surface area contributed by atoms with Crippen LogP contribution in [-0.4, -0.2) is 51.0 Å². The van der Waals surface area contributed by atoms with E-state index in [2.05, 4.69) is 5.32 Å². The van der Waals surface area contributed by atoms with Gasteiger partial charge < -0.3 is 10.2 Å². The molecule has 8 heteroatoms. The van der Waals surface area contributed by atoms with Crippen molar-refractivity contribution in [3.63, 3.8) is 0 Å². The summed E-state index contributed by atoms with van der Waals surface area (Å²) < 4.78 is 25.9. The molecule has 3 rings (SSSR count). The molecule has 2 amide bonds. The van der Waals surface area contributed by atoms with Crippen LogP contribution in [0.15, 0.2) is 48.5 Å². The van der Waals surface area contributed by atoms with Crippen molar-refractivity contribution in [2.75, 3.05) is 35.5 Å². The molecule has 0 bridgehead atoms. The quantitative estimate of drug-likeness (QED) is 0.625. The lowest BCUT2D eigenvalue weighted by atomic mass is 10.1. The van der Waals surface area contributed by atoms with E-state index in [1.807, 2.05) is 30.0 Å². The molecule has 0 aliphatic carbocycles. The number of anilines is 2. The maximum atomic E-state index is 13.1. The number of carbonyl (C=O) groups is 2. The molecule has 1 fully saturated rings. The maximum Gasteiger partial charge on any atom is 0.255 e. The van der Waals surface area contributed by atoms with Gasteiger partial charge in [-0.3, -0.25) is 13.9 Å². The van der Waals surface area contributed by atoms with Crippen molar-refractivity contribution in [1.29, 1.82) is 0 Å². The zero-order valence-corrected chi connectivity index (χ0v) is 20.2. The lowest BCUT2D eigenvalue weighted by molar-refractivity contribution is -0.116. The fourth-order valence-electron chi connectivity index (χ4n) is 4.09. The van der Waals surface area contributed by atoms with E-state index in [9.17, 15) is 18.0 Å². The number of aryl methyl sites for hydroxylation is 1. The molecule has 1 heterocycles. The van der Waals surface area contributed by atoms with Crippen LogP contribution in [0.5, 0.6) is 0 Å². The van der Waals surface area contributed by atoms with Gasteiger partial charge in [0.25, 0.3) is 5.91 Å². The summed E-state index contributed by atoms with van der Waals surface area (Å²) in [6.45, 7) is 3.58. The Morgan fingerprint density at radius 1 is 1.00 bits per heavy atom. The first-order valence-electron chi connectivity index (χ1n) is 11.5. The summed E-state index contributed by atoms with van der Waals surface area (Å²) in [7, 11) is -3.47. The number of hydrogen-bond acceptors (Lipinski definition) is 4. The molecule has 2 aromatic carbocycles. The molecule has 1 saturated heterocycles. The fraction of sp³-hybridized carbons (Fsp3) is 0.440. The summed E-state index contributed by atoms with van der Waals surface area (Å²) in [5.41, 5.74) is 2.54. The van der Waals surface area contributed by atoms with Crippen LogP contribution in [0.1, 0.15) is 54.4 Å². The highest BCUT2D eigenvalue weighted by atomic mass is 32.2. The fourth-order valence-corrected chi connectivity index (χ4v) is 5.05. The highest BCUT2D eigenvalue weighted by Crippen LogP contribution is 2.22. The van der Waals surface area contributed by atoms with E-state index in [4.69, 9.17) is 0 Å². The van der Waals surface area contributed by atoms with Crippen molar-refractivity contribution >= 4 is 33.2 Å². The molecule has 0 saturated carbocycles. The molecule has 1 aliphatic rings. The van der Waals surface area contributed by atoms with Gasteiger partial charge in [-0.1, -0.05) is 37.1 Å². The van der Waals surface area contributed by atoms with Gasteiger partial charge in [-0.05, 0) is 56.0 Å². The number of para-hydroxylation sites is 1. The van der Waals surface area contributed by atoms with Crippen molar-refractivity contribution in [1.82, 2.24) is 4.90 Å². The predicted molar refractivity (Wildman–Crippen MR) is 132 cm³/mol. The van der Waals surface area contributed by atoms with Crippen LogP contribution in [0.4, 0.5) is 11.4 Å². The highest BCUT2D eigenvalue weighted by Gasteiger charge is 2.21. The van der Waals surface area contributed by atoms with Gasteiger partial charge in [0, 0.05) is 26.1 Å². The van der Waals surface area contributed by atoms with Crippen molar-refractivity contribution < 1.29 is 18.0 Å². The summed E-state index contributed by atoms with van der Waals surface area (Å²) in [5.74, 6) is -0.306. The predicted octanol–water partition coefficient (Wildman–Crippen LogP) is 4.20. The van der Waals surface area contributed by atoms with Crippen molar-refractivity contribution in [2.24, 2.45) is 0 Å². The Kier molecular flexibility index (Phi) is 8.49. The molecule has 0 spiro atoms. The van der Waals surface area contributed by atoms with Crippen LogP contribution in [0.3, 0.4) is 0 Å². The van der Waals surface area contributed by atoms with E-state index in [0.29, 0.717) is 23.4 Å². The van der Waals surface area contributed by atoms with Crippen molar-refractivity contribution in [2.45, 2.75) is 45.4 Å². The summed E-state index contributed by atoms with van der Waals surface area (Å²) >= 11 is 0. The Hall–Kier alpha value is -2.87. The topological polar surface area (TPSA) is 86.8 Å². The molecule has 0 unspecified atom stereocenters. The first kappa shape index (κ1) is 24.8. The summed E-state index contributed by atoms with van der Waals surface area (Å²) in [6.07, 6.45) is 5.93. The molecular formula is C25H33N3O4S. The lowest BCUT2D eigenvalue weighted by Crippen LogP contribution is -2.33. The van der Waals surface area contributed by atoms with Gasteiger partial charge in [-0.25, -0.2) is 8.42 Å². The number of carbonyl (C=O) groups excluding carboxylic acids is 2. The number of benzene rings is 2. The van der Waals surface area contributed by atoms with Crippen LogP contribution in [0.2, 0.25) is 0 Å². The Morgan fingerprint density at radius 3 is 2.36 bits per heavy atom. The van der Waals surface area contributed by atoms with Gasteiger partial charge in [0.1, 0.15) is 0 Å². The smallest absolute Gasteiger partial charge is 0.255 e. The average Bonchev–Trinajstić information content (AvgIpc) is 3.05. The number of nitrogens with zero attached hydrogens (tertiary/aromatic N) is 2. The number of sulfonamides is 1. The highest BCUT2D eigenvalue weighted by molar-refractivity contribution is 7.92. The summed E-state index contributed by atoms with van der Waals surface area (Å²) in [5, 5.41) is 2.85. The molecule has 1 N–H and O–H groups in total. The van der Waals surface area contributed by atoms with Crippen LogP contribution in [0, 0.1) is 6.92 Å². The number of amides is 2. The normalized spacial score (nSPS) is 14.4. The molecule has 33 heavy (non-hydrogen) atoms. The van der Waals surface area contributed by atoms with Gasteiger partial charge >= 0.3 is 0 Å². The van der Waals surface area contributed by atoms with Gasteiger partial charge in [0.15, 0.2) is 0 Å². The third-order valence-electron chi connectivity index (χ3n) is 5.78. The molecular weight excluding hydrogens is 438 g/mol. The van der Waals surface area contributed by atoms with E-state index < -0.39 is 10.0 Å². The van der Waals surface area contributed by atoms with Crippen LogP contribution in [-0.2, 0) is 14.8 Å². The Labute approximate surface area is 196 Å².